The van der Waals surface area contributed by atoms with Gasteiger partial charge in [-0.1, -0.05) is 0 Å². The number of furan rings is 1. The van der Waals surface area contributed by atoms with E-state index in [1.54, 1.807) is 36.4 Å². The number of aromatic nitrogens is 1. The van der Waals surface area contributed by atoms with E-state index in [2.05, 4.69) is 0 Å². The third kappa shape index (κ3) is 3.99. The second kappa shape index (κ2) is 8.35. The van der Waals surface area contributed by atoms with Crippen LogP contribution in [0.25, 0.3) is 0 Å². The lowest BCUT2D eigenvalue weighted by atomic mass is 10.0. The number of hydrogen-bond acceptors (Lipinski definition) is 7. The second-order valence-corrected chi connectivity index (χ2v) is 6.17. The highest BCUT2D eigenvalue weighted by molar-refractivity contribution is 6.01. The highest BCUT2D eigenvalue weighted by Crippen LogP contribution is 2.24. The number of aromatic hydroxyl groups is 1. The van der Waals surface area contributed by atoms with Crippen LogP contribution in [0.3, 0.4) is 0 Å². The van der Waals surface area contributed by atoms with Gasteiger partial charge in [-0.15, -0.1) is 0 Å². The molecule has 2 heterocycles. The summed E-state index contributed by atoms with van der Waals surface area (Å²) in [5.74, 6) is 0.358. The predicted octanol–water partition coefficient (Wildman–Crippen LogP) is 2.65. The Morgan fingerprint density at radius 3 is 2.52 bits per heavy atom. The van der Waals surface area contributed by atoms with Crippen molar-refractivity contribution in [2.75, 3.05) is 13.7 Å². The molecule has 0 aliphatic rings. The number of hydrogen-bond donors (Lipinski definition) is 1. The minimum Gasteiger partial charge on any atom is -0.497 e. The number of nitrogens with zero attached hydrogens (tertiary/aromatic N) is 2. The maximum atomic E-state index is 12.8. The van der Waals surface area contributed by atoms with Crippen molar-refractivity contribution in [3.8, 4) is 23.4 Å². The van der Waals surface area contributed by atoms with E-state index in [-0.39, 0.29) is 29.8 Å². The van der Waals surface area contributed by atoms with Crippen LogP contribution in [-0.2, 0) is 6.54 Å². The topological polar surface area (TPSA) is 115 Å². The Labute approximate surface area is 166 Å². The first-order valence-electron chi connectivity index (χ1n) is 8.65. The summed E-state index contributed by atoms with van der Waals surface area (Å²) >= 11 is 0. The standard InChI is InChI=1S/C21H18N2O6/c1-13-17(10-22)20(25)23(11-16-4-3-9-28-16)21(26)19(13)18(24)12-29-15-7-5-14(27-2)6-8-15/h3-9,26H,11-12H2,1-2H3. The Hall–Kier alpha value is -3.99. The van der Waals surface area contributed by atoms with E-state index in [9.17, 15) is 20.0 Å². The van der Waals surface area contributed by atoms with Crippen molar-refractivity contribution in [1.82, 2.24) is 4.57 Å². The molecule has 1 N–H and O–H groups in total. The summed E-state index contributed by atoms with van der Waals surface area (Å²) in [6.07, 6.45) is 1.42. The maximum Gasteiger partial charge on any atom is 0.271 e. The lowest BCUT2D eigenvalue weighted by Gasteiger charge is -2.15. The summed E-state index contributed by atoms with van der Waals surface area (Å²) in [5.41, 5.74) is -0.955. The number of nitriles is 1. The lowest BCUT2D eigenvalue weighted by molar-refractivity contribution is 0.0916. The lowest BCUT2D eigenvalue weighted by Crippen LogP contribution is -2.28. The van der Waals surface area contributed by atoms with Gasteiger partial charge in [-0.2, -0.15) is 5.26 Å². The zero-order chi connectivity index (χ0) is 21.0. The Morgan fingerprint density at radius 1 is 1.24 bits per heavy atom. The van der Waals surface area contributed by atoms with Crippen molar-refractivity contribution in [2.45, 2.75) is 13.5 Å². The number of ketones is 1. The summed E-state index contributed by atoms with van der Waals surface area (Å²) in [6, 6.07) is 11.7. The number of methoxy groups -OCH3 is 1. The average Bonchev–Trinajstić information content (AvgIpc) is 3.23. The molecule has 148 valence electrons. The van der Waals surface area contributed by atoms with Gasteiger partial charge in [0.1, 0.15) is 28.9 Å². The van der Waals surface area contributed by atoms with Crippen molar-refractivity contribution < 1.29 is 23.8 Å². The highest BCUT2D eigenvalue weighted by Gasteiger charge is 2.24. The van der Waals surface area contributed by atoms with Crippen molar-refractivity contribution in [2.24, 2.45) is 0 Å². The molecule has 8 nitrogen and oxygen atoms in total. The van der Waals surface area contributed by atoms with Crippen molar-refractivity contribution in [1.29, 1.82) is 5.26 Å². The van der Waals surface area contributed by atoms with Gasteiger partial charge in [0.25, 0.3) is 5.56 Å². The second-order valence-electron chi connectivity index (χ2n) is 6.17. The van der Waals surface area contributed by atoms with Gasteiger partial charge in [-0.25, -0.2) is 0 Å². The summed E-state index contributed by atoms with van der Waals surface area (Å²) < 4.78 is 16.7. The maximum absolute atomic E-state index is 12.8. The molecule has 0 aliphatic heterocycles. The molecule has 0 aliphatic carbocycles. The molecule has 8 heteroatoms. The summed E-state index contributed by atoms with van der Waals surface area (Å²) in [6.45, 7) is 0.939. The molecule has 3 aromatic rings. The number of ether oxygens (including phenoxy) is 2. The van der Waals surface area contributed by atoms with Crippen LogP contribution < -0.4 is 15.0 Å². The normalized spacial score (nSPS) is 10.4. The number of carbonyl (C=O) groups excluding carboxylic acids is 1. The Bertz CT molecular complexity index is 1120. The van der Waals surface area contributed by atoms with Crippen LogP contribution in [0.5, 0.6) is 17.4 Å². The zero-order valence-electron chi connectivity index (χ0n) is 15.8. The fraction of sp³-hybridized carbons (Fsp3) is 0.190. The van der Waals surface area contributed by atoms with E-state index >= 15 is 0 Å². The van der Waals surface area contributed by atoms with Crippen molar-refractivity contribution in [3.05, 3.63) is 75.5 Å². The first kappa shape index (κ1) is 19.8. The van der Waals surface area contributed by atoms with Crippen LogP contribution in [0.15, 0.2) is 51.9 Å². The number of pyridine rings is 1. The first-order valence-corrected chi connectivity index (χ1v) is 8.65. The Morgan fingerprint density at radius 2 is 1.93 bits per heavy atom. The van der Waals surface area contributed by atoms with Crippen LogP contribution in [0.2, 0.25) is 0 Å². The summed E-state index contributed by atoms with van der Waals surface area (Å²) in [5, 5.41) is 20.0. The monoisotopic (exact) mass is 394 g/mol. The number of benzene rings is 1. The molecular formula is C21H18N2O6. The van der Waals surface area contributed by atoms with Crippen molar-refractivity contribution in [3.63, 3.8) is 0 Å². The number of rotatable bonds is 7. The van der Waals surface area contributed by atoms with Gasteiger partial charge in [0, 0.05) is 0 Å². The molecule has 3 rings (SSSR count). The fourth-order valence-corrected chi connectivity index (χ4v) is 2.88. The molecule has 0 bridgehead atoms. The van der Waals surface area contributed by atoms with Gasteiger partial charge in [0.2, 0.25) is 11.7 Å². The molecule has 0 fully saturated rings. The molecule has 1 aromatic carbocycles. The van der Waals surface area contributed by atoms with Crippen LogP contribution >= 0.6 is 0 Å². The molecule has 0 saturated carbocycles. The average molecular weight is 394 g/mol. The van der Waals surface area contributed by atoms with Gasteiger partial charge in [-0.3, -0.25) is 14.2 Å². The third-order valence-corrected chi connectivity index (χ3v) is 4.40. The summed E-state index contributed by atoms with van der Waals surface area (Å²) in [7, 11) is 1.54. The van der Waals surface area contributed by atoms with E-state index < -0.39 is 17.2 Å². The molecule has 0 radical (unpaired) electrons. The Kier molecular flexibility index (Phi) is 5.69. The fourth-order valence-electron chi connectivity index (χ4n) is 2.88. The Balaban J connectivity index is 1.93. The first-order chi connectivity index (χ1) is 14.0. The van der Waals surface area contributed by atoms with Gasteiger partial charge in [0.05, 0.1) is 25.5 Å². The van der Waals surface area contributed by atoms with Crippen LogP contribution in [-0.4, -0.2) is 29.2 Å². The molecule has 0 unspecified atom stereocenters. The van der Waals surface area contributed by atoms with E-state index in [0.29, 0.717) is 17.3 Å². The largest absolute Gasteiger partial charge is 0.497 e. The highest BCUT2D eigenvalue weighted by atomic mass is 16.5. The van der Waals surface area contributed by atoms with Crippen LogP contribution in [0, 0.1) is 18.3 Å². The van der Waals surface area contributed by atoms with E-state index in [0.717, 1.165) is 4.57 Å². The molecule has 0 spiro atoms. The quantitative estimate of drug-likeness (QED) is 0.613. The third-order valence-electron chi connectivity index (χ3n) is 4.40. The zero-order valence-corrected chi connectivity index (χ0v) is 15.8. The molecular weight excluding hydrogens is 376 g/mol. The van der Waals surface area contributed by atoms with Crippen LogP contribution in [0.1, 0.15) is 27.2 Å². The number of carbonyl (C=O) groups is 1. The van der Waals surface area contributed by atoms with E-state index in [4.69, 9.17) is 13.9 Å². The SMILES string of the molecule is COc1ccc(OCC(=O)c2c(C)c(C#N)c(=O)n(Cc3ccco3)c2O)cc1. The minimum absolute atomic E-state index is 0.106. The summed E-state index contributed by atoms with van der Waals surface area (Å²) in [4.78, 5) is 25.3. The van der Waals surface area contributed by atoms with Gasteiger partial charge < -0.3 is 19.0 Å². The van der Waals surface area contributed by atoms with Gasteiger partial charge in [0.15, 0.2) is 6.61 Å². The van der Waals surface area contributed by atoms with Crippen molar-refractivity contribution >= 4 is 5.78 Å². The molecule has 0 saturated heterocycles. The smallest absolute Gasteiger partial charge is 0.271 e. The minimum atomic E-state index is -0.702. The van der Waals surface area contributed by atoms with Crippen LogP contribution in [0.4, 0.5) is 0 Å². The van der Waals surface area contributed by atoms with Gasteiger partial charge >= 0.3 is 0 Å². The van der Waals surface area contributed by atoms with E-state index in [1.807, 2.05) is 6.07 Å². The molecule has 29 heavy (non-hydrogen) atoms. The molecule has 0 amide bonds. The van der Waals surface area contributed by atoms with Gasteiger partial charge in [-0.05, 0) is 48.9 Å². The molecule has 2 aromatic heterocycles. The predicted molar refractivity (Wildman–Crippen MR) is 102 cm³/mol. The number of Topliss-reactive ketones (excluding diaryl/α,β-unsaturated/α-hetero) is 1. The molecule has 0 atom stereocenters. The van der Waals surface area contributed by atoms with E-state index in [1.165, 1.54) is 20.3 Å².